The molecule has 0 radical (unpaired) electrons. The van der Waals surface area contributed by atoms with Crippen molar-refractivity contribution < 1.29 is 13.5 Å². The van der Waals surface area contributed by atoms with Crippen LogP contribution in [0.15, 0.2) is 0 Å². The molecule has 1 aliphatic rings. The molecule has 0 bridgehead atoms. The lowest BCUT2D eigenvalue weighted by molar-refractivity contribution is 0.162. The van der Waals surface area contributed by atoms with Crippen molar-refractivity contribution >= 4 is 10.0 Å². The summed E-state index contributed by atoms with van der Waals surface area (Å²) in [5.41, 5.74) is 0. The zero-order chi connectivity index (χ0) is 12.9. The Morgan fingerprint density at radius 2 is 2.24 bits per heavy atom. The molecule has 1 saturated heterocycles. The summed E-state index contributed by atoms with van der Waals surface area (Å²) in [6.07, 6.45) is 3.69. The highest BCUT2D eigenvalue weighted by atomic mass is 32.2. The van der Waals surface area contributed by atoms with Crippen molar-refractivity contribution in [2.75, 3.05) is 32.4 Å². The van der Waals surface area contributed by atoms with E-state index in [-0.39, 0.29) is 6.10 Å². The predicted molar refractivity (Wildman–Crippen MR) is 68.3 cm³/mol. The van der Waals surface area contributed by atoms with Gasteiger partial charge in [-0.1, -0.05) is 6.92 Å². The second kappa shape index (κ2) is 6.68. The van der Waals surface area contributed by atoms with E-state index in [1.165, 1.54) is 6.26 Å². The molecule has 1 heterocycles. The molecule has 17 heavy (non-hydrogen) atoms. The number of hydrogen-bond donors (Lipinski definition) is 2. The van der Waals surface area contributed by atoms with E-state index >= 15 is 0 Å². The van der Waals surface area contributed by atoms with Gasteiger partial charge in [0.15, 0.2) is 0 Å². The van der Waals surface area contributed by atoms with Crippen LogP contribution in [0.1, 0.15) is 26.2 Å². The first-order valence-corrected chi connectivity index (χ1v) is 8.12. The third-order valence-electron chi connectivity index (χ3n) is 3.23. The number of piperidine rings is 1. The standard InChI is InChI=1S/C11H24N2O3S/c1-3-11(14)8-12-7-10-5-4-6-13(9-10)17(2,15)16/h10-12,14H,3-9H2,1-2H3. The van der Waals surface area contributed by atoms with Crippen LogP contribution in [-0.2, 0) is 10.0 Å². The molecule has 0 aromatic rings. The zero-order valence-corrected chi connectivity index (χ0v) is 11.5. The predicted octanol–water partition coefficient (Wildman–Crippen LogP) is 0.0185. The normalized spacial score (nSPS) is 24.8. The van der Waals surface area contributed by atoms with Gasteiger partial charge in [-0.05, 0) is 31.7 Å². The molecule has 1 aliphatic heterocycles. The average molecular weight is 264 g/mol. The van der Waals surface area contributed by atoms with Gasteiger partial charge in [0.25, 0.3) is 0 Å². The van der Waals surface area contributed by atoms with Gasteiger partial charge in [-0.25, -0.2) is 12.7 Å². The van der Waals surface area contributed by atoms with Crippen LogP contribution in [0.3, 0.4) is 0 Å². The van der Waals surface area contributed by atoms with Crippen molar-refractivity contribution in [2.24, 2.45) is 5.92 Å². The van der Waals surface area contributed by atoms with Gasteiger partial charge in [0.2, 0.25) is 10.0 Å². The topological polar surface area (TPSA) is 69.6 Å². The fourth-order valence-electron chi connectivity index (χ4n) is 2.09. The molecule has 2 atom stereocenters. The van der Waals surface area contributed by atoms with E-state index < -0.39 is 10.0 Å². The number of aliphatic hydroxyl groups excluding tert-OH is 1. The highest BCUT2D eigenvalue weighted by Crippen LogP contribution is 2.17. The number of nitrogens with zero attached hydrogens (tertiary/aromatic N) is 1. The number of rotatable bonds is 6. The summed E-state index contributed by atoms with van der Waals surface area (Å²) in [6.45, 7) is 4.56. The Labute approximate surface area is 104 Å². The van der Waals surface area contributed by atoms with Crippen LogP contribution in [0.5, 0.6) is 0 Å². The summed E-state index contributed by atoms with van der Waals surface area (Å²) < 4.78 is 24.4. The van der Waals surface area contributed by atoms with Crippen LogP contribution in [-0.4, -0.2) is 56.4 Å². The summed E-state index contributed by atoms with van der Waals surface area (Å²) in [5, 5.41) is 12.6. The first kappa shape index (κ1) is 14.9. The largest absolute Gasteiger partial charge is 0.392 e. The Bertz CT molecular complexity index is 319. The maximum atomic E-state index is 11.4. The molecule has 1 rings (SSSR count). The van der Waals surface area contributed by atoms with Gasteiger partial charge >= 0.3 is 0 Å². The van der Waals surface area contributed by atoms with Gasteiger partial charge in [0.05, 0.1) is 12.4 Å². The molecule has 102 valence electrons. The highest BCUT2D eigenvalue weighted by molar-refractivity contribution is 7.88. The Hall–Kier alpha value is -0.170. The molecular weight excluding hydrogens is 240 g/mol. The monoisotopic (exact) mass is 264 g/mol. The maximum Gasteiger partial charge on any atom is 0.211 e. The Balaban J connectivity index is 2.30. The molecular formula is C11H24N2O3S. The van der Waals surface area contributed by atoms with E-state index in [0.29, 0.717) is 25.6 Å². The Morgan fingerprint density at radius 1 is 1.53 bits per heavy atom. The molecule has 0 amide bonds. The molecule has 0 aliphatic carbocycles. The van der Waals surface area contributed by atoms with Crippen molar-refractivity contribution in [3.8, 4) is 0 Å². The third-order valence-corrected chi connectivity index (χ3v) is 4.50. The Kier molecular flexibility index (Phi) is 5.85. The third kappa shape index (κ3) is 5.33. The lowest BCUT2D eigenvalue weighted by Crippen LogP contribution is -2.43. The van der Waals surface area contributed by atoms with Crippen molar-refractivity contribution in [2.45, 2.75) is 32.3 Å². The minimum Gasteiger partial charge on any atom is -0.392 e. The van der Waals surface area contributed by atoms with Crippen LogP contribution in [0, 0.1) is 5.92 Å². The molecule has 0 saturated carbocycles. The van der Waals surface area contributed by atoms with Gasteiger partial charge in [-0.3, -0.25) is 0 Å². The summed E-state index contributed by atoms with van der Waals surface area (Å²) in [4.78, 5) is 0. The summed E-state index contributed by atoms with van der Waals surface area (Å²) in [7, 11) is -3.05. The number of aliphatic hydroxyl groups is 1. The van der Waals surface area contributed by atoms with Crippen LogP contribution < -0.4 is 5.32 Å². The van der Waals surface area contributed by atoms with Crippen molar-refractivity contribution in [3.05, 3.63) is 0 Å². The average Bonchev–Trinajstić information content (AvgIpc) is 2.28. The van der Waals surface area contributed by atoms with E-state index in [9.17, 15) is 13.5 Å². The van der Waals surface area contributed by atoms with Gasteiger partial charge in [-0.2, -0.15) is 0 Å². The fraction of sp³-hybridized carbons (Fsp3) is 1.00. The minimum absolute atomic E-state index is 0.301. The molecule has 1 fully saturated rings. The van der Waals surface area contributed by atoms with E-state index in [2.05, 4.69) is 5.32 Å². The quantitative estimate of drug-likeness (QED) is 0.709. The first-order valence-electron chi connectivity index (χ1n) is 6.27. The molecule has 6 heteroatoms. The molecule has 2 unspecified atom stereocenters. The SMILES string of the molecule is CCC(O)CNCC1CCCN(S(C)(=O)=O)C1. The van der Waals surface area contributed by atoms with Gasteiger partial charge in [0, 0.05) is 19.6 Å². The van der Waals surface area contributed by atoms with Gasteiger partial charge in [-0.15, -0.1) is 0 Å². The van der Waals surface area contributed by atoms with Crippen LogP contribution >= 0.6 is 0 Å². The number of nitrogens with one attached hydrogen (secondary N) is 1. The van der Waals surface area contributed by atoms with Crippen molar-refractivity contribution in [3.63, 3.8) is 0 Å². The summed E-state index contributed by atoms with van der Waals surface area (Å²) in [6, 6.07) is 0. The molecule has 2 N–H and O–H groups in total. The molecule has 0 aromatic carbocycles. The van der Waals surface area contributed by atoms with Crippen LogP contribution in [0.4, 0.5) is 0 Å². The fourth-order valence-corrected chi connectivity index (χ4v) is 3.04. The second-order valence-corrected chi connectivity index (χ2v) is 6.83. The van der Waals surface area contributed by atoms with Crippen molar-refractivity contribution in [1.29, 1.82) is 0 Å². The number of hydrogen-bond acceptors (Lipinski definition) is 4. The smallest absolute Gasteiger partial charge is 0.211 e. The second-order valence-electron chi connectivity index (χ2n) is 4.85. The lowest BCUT2D eigenvalue weighted by Gasteiger charge is -2.31. The Morgan fingerprint density at radius 3 is 2.82 bits per heavy atom. The maximum absolute atomic E-state index is 11.4. The van der Waals surface area contributed by atoms with E-state index in [1.807, 2.05) is 6.92 Å². The van der Waals surface area contributed by atoms with Crippen molar-refractivity contribution in [1.82, 2.24) is 9.62 Å². The van der Waals surface area contributed by atoms with Gasteiger partial charge in [0.1, 0.15) is 0 Å². The number of sulfonamides is 1. The van der Waals surface area contributed by atoms with E-state index in [0.717, 1.165) is 25.8 Å². The molecule has 0 spiro atoms. The molecule has 5 nitrogen and oxygen atoms in total. The lowest BCUT2D eigenvalue weighted by atomic mass is 10.00. The van der Waals surface area contributed by atoms with Gasteiger partial charge < -0.3 is 10.4 Å². The zero-order valence-electron chi connectivity index (χ0n) is 10.7. The summed E-state index contributed by atoms with van der Waals surface area (Å²) >= 11 is 0. The van der Waals surface area contributed by atoms with Crippen LogP contribution in [0.25, 0.3) is 0 Å². The van der Waals surface area contributed by atoms with E-state index in [4.69, 9.17) is 0 Å². The molecule has 0 aromatic heterocycles. The first-order chi connectivity index (χ1) is 7.93. The minimum atomic E-state index is -3.05. The van der Waals surface area contributed by atoms with Crippen LogP contribution in [0.2, 0.25) is 0 Å². The summed E-state index contributed by atoms with van der Waals surface area (Å²) in [5.74, 6) is 0.363. The highest BCUT2D eigenvalue weighted by Gasteiger charge is 2.25. The van der Waals surface area contributed by atoms with E-state index in [1.54, 1.807) is 4.31 Å².